The molecule has 1 aliphatic rings. The number of rotatable bonds is 5. The highest BCUT2D eigenvalue weighted by atomic mass is 19.1. The fourth-order valence-electron chi connectivity index (χ4n) is 4.50. The van der Waals surface area contributed by atoms with Gasteiger partial charge in [-0.15, -0.1) is 0 Å². The third-order valence-corrected chi connectivity index (χ3v) is 6.13. The van der Waals surface area contributed by atoms with Crippen LogP contribution in [-0.4, -0.2) is 39.2 Å². The molecular formula is C28H34FN3O4. The zero-order chi connectivity index (χ0) is 26.0. The van der Waals surface area contributed by atoms with E-state index < -0.39 is 5.60 Å². The summed E-state index contributed by atoms with van der Waals surface area (Å²) in [4.78, 5) is 32.9. The third-order valence-electron chi connectivity index (χ3n) is 6.13. The molecule has 36 heavy (non-hydrogen) atoms. The Kier molecular flexibility index (Phi) is 7.33. The van der Waals surface area contributed by atoms with Gasteiger partial charge in [-0.25, -0.2) is 14.2 Å². The highest BCUT2D eigenvalue weighted by Gasteiger charge is 2.29. The summed E-state index contributed by atoms with van der Waals surface area (Å²) in [5, 5.41) is 0.457. The van der Waals surface area contributed by atoms with E-state index in [1.54, 1.807) is 27.7 Å². The standard InChI is InChI=1S/C28H34FN3O4/c1-18(2)25-30-24-13-12-22(35-21-10-8-20(29)9-11-21)15-23(24)26(33)32(25)17-19-7-6-14-31(16-19)27(34)36-28(3,4)5/h8-13,15,18-19H,6-7,14,16-17H2,1-5H3. The van der Waals surface area contributed by atoms with E-state index in [1.165, 1.54) is 24.3 Å². The number of likely N-dealkylation sites (tertiary alicyclic amines) is 1. The Hall–Kier alpha value is -3.42. The molecule has 2 aromatic carbocycles. The summed E-state index contributed by atoms with van der Waals surface area (Å²) in [7, 11) is 0. The van der Waals surface area contributed by atoms with E-state index in [9.17, 15) is 14.0 Å². The van der Waals surface area contributed by atoms with E-state index in [0.717, 1.165) is 12.8 Å². The van der Waals surface area contributed by atoms with E-state index in [0.29, 0.717) is 47.9 Å². The predicted molar refractivity (Wildman–Crippen MR) is 137 cm³/mol. The van der Waals surface area contributed by atoms with Gasteiger partial charge in [0.25, 0.3) is 5.56 Å². The molecule has 1 unspecified atom stereocenters. The molecule has 0 saturated carbocycles. The summed E-state index contributed by atoms with van der Waals surface area (Å²) in [6, 6.07) is 10.9. The van der Waals surface area contributed by atoms with Crippen LogP contribution in [0.25, 0.3) is 10.9 Å². The van der Waals surface area contributed by atoms with E-state index in [-0.39, 0.29) is 29.3 Å². The maximum atomic E-state index is 13.7. The summed E-state index contributed by atoms with van der Waals surface area (Å²) in [6.07, 6.45) is 1.45. The number of amides is 1. The number of piperidine rings is 1. The molecule has 0 spiro atoms. The van der Waals surface area contributed by atoms with Gasteiger partial charge in [0.15, 0.2) is 0 Å². The zero-order valence-electron chi connectivity index (χ0n) is 21.6. The van der Waals surface area contributed by atoms with Crippen LogP contribution >= 0.6 is 0 Å². The molecule has 1 aliphatic heterocycles. The number of hydrogen-bond acceptors (Lipinski definition) is 5. The van der Waals surface area contributed by atoms with Crippen LogP contribution in [0.1, 0.15) is 59.2 Å². The molecule has 7 nitrogen and oxygen atoms in total. The number of aromatic nitrogens is 2. The molecule has 0 bridgehead atoms. The van der Waals surface area contributed by atoms with Crippen molar-refractivity contribution in [2.24, 2.45) is 5.92 Å². The summed E-state index contributed by atoms with van der Waals surface area (Å²) in [5.74, 6) is 1.48. The lowest BCUT2D eigenvalue weighted by molar-refractivity contribution is 0.0156. The van der Waals surface area contributed by atoms with E-state index in [2.05, 4.69) is 0 Å². The van der Waals surface area contributed by atoms with Gasteiger partial charge in [0.1, 0.15) is 28.7 Å². The van der Waals surface area contributed by atoms with Crippen molar-refractivity contribution in [1.82, 2.24) is 14.5 Å². The Labute approximate surface area is 210 Å². The third kappa shape index (κ3) is 6.04. The molecule has 192 valence electrons. The van der Waals surface area contributed by atoms with Crippen molar-refractivity contribution in [2.75, 3.05) is 13.1 Å². The van der Waals surface area contributed by atoms with Crippen molar-refractivity contribution in [1.29, 1.82) is 0 Å². The second kappa shape index (κ2) is 10.3. The van der Waals surface area contributed by atoms with Crippen LogP contribution in [0.15, 0.2) is 47.3 Å². The first-order valence-electron chi connectivity index (χ1n) is 12.5. The fourth-order valence-corrected chi connectivity index (χ4v) is 4.50. The van der Waals surface area contributed by atoms with Crippen LogP contribution in [0.2, 0.25) is 0 Å². The average Bonchev–Trinajstić information content (AvgIpc) is 2.81. The monoisotopic (exact) mass is 495 g/mol. The molecule has 0 N–H and O–H groups in total. The first kappa shape index (κ1) is 25.7. The van der Waals surface area contributed by atoms with Gasteiger partial charge in [-0.1, -0.05) is 13.8 Å². The van der Waals surface area contributed by atoms with Crippen LogP contribution < -0.4 is 10.3 Å². The molecule has 1 fully saturated rings. The number of ether oxygens (including phenoxy) is 2. The molecule has 4 rings (SSSR count). The summed E-state index contributed by atoms with van der Waals surface area (Å²) >= 11 is 0. The quantitative estimate of drug-likeness (QED) is 0.428. The lowest BCUT2D eigenvalue weighted by atomic mass is 9.97. The van der Waals surface area contributed by atoms with Gasteiger partial charge in [0.2, 0.25) is 0 Å². The Morgan fingerprint density at radius 3 is 2.50 bits per heavy atom. The highest BCUT2D eigenvalue weighted by Crippen LogP contribution is 2.26. The minimum absolute atomic E-state index is 0.0443. The van der Waals surface area contributed by atoms with Gasteiger partial charge in [0, 0.05) is 25.6 Å². The lowest BCUT2D eigenvalue weighted by Crippen LogP contribution is -2.44. The maximum Gasteiger partial charge on any atom is 0.410 e. The average molecular weight is 496 g/mol. The van der Waals surface area contributed by atoms with Gasteiger partial charge in [-0.05, 0) is 82.0 Å². The number of carbonyl (C=O) groups excluding carboxylic acids is 1. The molecule has 1 aromatic heterocycles. The number of hydrogen-bond donors (Lipinski definition) is 0. The summed E-state index contributed by atoms with van der Waals surface area (Å²) in [6.45, 7) is 11.3. The first-order valence-corrected chi connectivity index (χ1v) is 12.5. The number of halogens is 1. The van der Waals surface area contributed by atoms with Crippen molar-refractivity contribution < 1.29 is 18.7 Å². The second-order valence-corrected chi connectivity index (χ2v) is 10.7. The van der Waals surface area contributed by atoms with Gasteiger partial charge in [-0.2, -0.15) is 0 Å². The number of fused-ring (bicyclic) bond motifs is 1. The molecule has 1 atom stereocenters. The molecule has 1 saturated heterocycles. The summed E-state index contributed by atoms with van der Waals surface area (Å²) in [5.41, 5.74) is -0.0880. The Balaban J connectivity index is 1.62. The van der Waals surface area contributed by atoms with E-state index >= 15 is 0 Å². The predicted octanol–water partition coefficient (Wildman–Crippen LogP) is 6.10. The van der Waals surface area contributed by atoms with Crippen molar-refractivity contribution in [3.05, 3.63) is 64.5 Å². The Bertz CT molecular complexity index is 1300. The first-order chi connectivity index (χ1) is 17.0. The topological polar surface area (TPSA) is 73.7 Å². The minimum Gasteiger partial charge on any atom is -0.457 e. The number of benzene rings is 2. The van der Waals surface area contributed by atoms with Gasteiger partial charge >= 0.3 is 6.09 Å². The Morgan fingerprint density at radius 1 is 1.14 bits per heavy atom. The number of nitrogens with zero attached hydrogens (tertiary/aromatic N) is 3. The SMILES string of the molecule is CC(C)c1nc2ccc(Oc3ccc(F)cc3)cc2c(=O)n1CC1CCCN(C(=O)OC(C)(C)C)C1. The normalized spacial score (nSPS) is 16.4. The maximum absolute atomic E-state index is 13.7. The lowest BCUT2D eigenvalue weighted by Gasteiger charge is -2.34. The smallest absolute Gasteiger partial charge is 0.410 e. The van der Waals surface area contributed by atoms with Gasteiger partial charge in [-0.3, -0.25) is 9.36 Å². The van der Waals surface area contributed by atoms with Crippen molar-refractivity contribution in [3.8, 4) is 11.5 Å². The van der Waals surface area contributed by atoms with Crippen LogP contribution in [-0.2, 0) is 11.3 Å². The van der Waals surface area contributed by atoms with Gasteiger partial charge in [0.05, 0.1) is 10.9 Å². The van der Waals surface area contributed by atoms with Crippen molar-refractivity contribution in [2.45, 2.75) is 65.5 Å². The highest BCUT2D eigenvalue weighted by molar-refractivity contribution is 5.79. The fraction of sp³-hybridized carbons (Fsp3) is 0.464. The van der Waals surface area contributed by atoms with Gasteiger partial charge < -0.3 is 14.4 Å². The molecule has 0 aliphatic carbocycles. The largest absolute Gasteiger partial charge is 0.457 e. The van der Waals surface area contributed by atoms with Crippen LogP contribution in [0.5, 0.6) is 11.5 Å². The van der Waals surface area contributed by atoms with E-state index in [4.69, 9.17) is 14.5 Å². The second-order valence-electron chi connectivity index (χ2n) is 10.7. The number of carbonyl (C=O) groups is 1. The molecule has 8 heteroatoms. The molecule has 0 radical (unpaired) electrons. The molecule has 2 heterocycles. The Morgan fingerprint density at radius 2 is 1.83 bits per heavy atom. The van der Waals surface area contributed by atoms with Crippen molar-refractivity contribution >= 4 is 17.0 Å². The van der Waals surface area contributed by atoms with Crippen LogP contribution in [0.3, 0.4) is 0 Å². The zero-order valence-corrected chi connectivity index (χ0v) is 21.6. The summed E-state index contributed by atoms with van der Waals surface area (Å²) < 4.78 is 26.4. The van der Waals surface area contributed by atoms with Crippen LogP contribution in [0, 0.1) is 11.7 Å². The van der Waals surface area contributed by atoms with E-state index in [1.807, 2.05) is 34.6 Å². The molecule has 3 aromatic rings. The minimum atomic E-state index is -0.554. The molecule has 1 amide bonds. The van der Waals surface area contributed by atoms with Crippen molar-refractivity contribution in [3.63, 3.8) is 0 Å². The van der Waals surface area contributed by atoms with Crippen LogP contribution in [0.4, 0.5) is 9.18 Å². The molecular weight excluding hydrogens is 461 g/mol.